The molecule has 1 aliphatic heterocycles. The summed E-state index contributed by atoms with van der Waals surface area (Å²) < 4.78 is 38.7. The maximum atomic E-state index is 12.4. The van der Waals surface area contributed by atoms with Gasteiger partial charge in [0.15, 0.2) is 0 Å². The molecule has 0 radical (unpaired) electrons. The van der Waals surface area contributed by atoms with E-state index >= 15 is 0 Å². The van der Waals surface area contributed by atoms with Crippen molar-refractivity contribution < 1.29 is 12.9 Å². The number of nitrogens with zero attached hydrogens (tertiary/aromatic N) is 2. The summed E-state index contributed by atoms with van der Waals surface area (Å²) >= 11 is 0. The lowest BCUT2D eigenvalue weighted by Gasteiger charge is -2.19. The molecule has 0 aliphatic carbocycles. The van der Waals surface area contributed by atoms with Crippen molar-refractivity contribution in [2.24, 2.45) is 0 Å². The second-order valence-electron chi connectivity index (χ2n) is 3.30. The predicted molar refractivity (Wildman–Crippen MR) is 43.9 cm³/mol. The molecule has 0 fully saturated rings. The van der Waals surface area contributed by atoms with E-state index < -0.39 is 12.4 Å². The molecule has 1 aromatic rings. The van der Waals surface area contributed by atoms with Crippen LogP contribution in [0.3, 0.4) is 0 Å². The molecule has 1 aromatic heterocycles. The molecule has 1 aliphatic rings. The highest BCUT2D eigenvalue weighted by Gasteiger charge is 2.31. The van der Waals surface area contributed by atoms with Gasteiger partial charge in [0, 0.05) is 18.4 Å². The number of halogens is 3. The first-order chi connectivity index (χ1) is 6.09. The lowest BCUT2D eigenvalue weighted by Crippen LogP contribution is -2.37. The van der Waals surface area contributed by atoms with Crippen LogP contribution in [0, 0.1) is 0 Å². The number of hydrogen-bond donors (Lipinski definition) is 0. The van der Waals surface area contributed by atoms with Gasteiger partial charge in [0.2, 0.25) is 0 Å². The maximum absolute atomic E-state index is 12.4. The van der Waals surface area contributed by atoms with E-state index in [0.717, 1.165) is 19.0 Å². The SMILES string of the molecule is F[B-](F)(F)c1cnn2c1CCCC2. The van der Waals surface area contributed by atoms with Gasteiger partial charge in [-0.3, -0.25) is 4.68 Å². The van der Waals surface area contributed by atoms with E-state index in [4.69, 9.17) is 0 Å². The van der Waals surface area contributed by atoms with Crippen molar-refractivity contribution in [1.82, 2.24) is 9.78 Å². The van der Waals surface area contributed by atoms with E-state index in [1.165, 1.54) is 4.68 Å². The summed E-state index contributed by atoms with van der Waals surface area (Å²) in [7, 11) is 0. The summed E-state index contributed by atoms with van der Waals surface area (Å²) in [5.74, 6) is 0. The molecule has 0 amide bonds. The molecular weight excluding hydrogens is 180 g/mol. The molecule has 0 spiro atoms. The summed E-state index contributed by atoms with van der Waals surface area (Å²) in [6, 6.07) is 0. The molecule has 0 atom stereocenters. The maximum Gasteiger partial charge on any atom is 0.512 e. The van der Waals surface area contributed by atoms with Crippen molar-refractivity contribution in [3.05, 3.63) is 11.9 Å². The Labute approximate surface area is 73.8 Å². The Balaban J connectivity index is 2.43. The number of fused-ring (bicyclic) bond motifs is 1. The van der Waals surface area contributed by atoms with E-state index in [0.29, 0.717) is 18.7 Å². The lowest BCUT2D eigenvalue weighted by atomic mass is 9.79. The molecule has 2 rings (SSSR count). The molecule has 0 saturated carbocycles. The smallest absolute Gasteiger partial charge is 0.445 e. The fraction of sp³-hybridized carbons (Fsp3) is 0.571. The zero-order valence-electron chi connectivity index (χ0n) is 7.01. The molecule has 0 unspecified atom stereocenters. The van der Waals surface area contributed by atoms with E-state index in [1.807, 2.05) is 0 Å². The quantitative estimate of drug-likeness (QED) is 0.608. The van der Waals surface area contributed by atoms with Gasteiger partial charge in [-0.1, -0.05) is 5.46 Å². The zero-order chi connectivity index (χ0) is 9.47. The first-order valence-corrected chi connectivity index (χ1v) is 4.33. The Hall–Kier alpha value is -0.935. The van der Waals surface area contributed by atoms with Crippen LogP contribution in [0.5, 0.6) is 0 Å². The summed E-state index contributed by atoms with van der Waals surface area (Å²) in [5.41, 5.74) is -0.126. The fourth-order valence-corrected chi connectivity index (χ4v) is 1.72. The van der Waals surface area contributed by atoms with Crippen LogP contribution < -0.4 is 5.46 Å². The van der Waals surface area contributed by atoms with Gasteiger partial charge < -0.3 is 12.9 Å². The molecule has 2 heterocycles. The van der Waals surface area contributed by atoms with Crippen molar-refractivity contribution in [2.75, 3.05) is 0 Å². The van der Waals surface area contributed by atoms with Crippen LogP contribution in [0.4, 0.5) is 12.9 Å². The standard InChI is InChI=1S/C7H9BF3N2/c9-8(10,11)6-5-12-13-4-2-1-3-7(6)13/h5H,1-4H2/q-1. The Bertz CT molecular complexity index is 318. The summed E-state index contributed by atoms with van der Waals surface area (Å²) in [6.45, 7) is -4.25. The van der Waals surface area contributed by atoms with E-state index in [1.54, 1.807) is 0 Å². The van der Waals surface area contributed by atoms with E-state index in [-0.39, 0.29) is 0 Å². The first-order valence-electron chi connectivity index (χ1n) is 4.33. The van der Waals surface area contributed by atoms with Crippen LogP contribution in [-0.4, -0.2) is 16.8 Å². The highest BCUT2D eigenvalue weighted by Crippen LogP contribution is 2.17. The number of aromatic nitrogens is 2. The number of aryl methyl sites for hydroxylation is 1. The predicted octanol–water partition coefficient (Wildman–Crippen LogP) is 1.27. The van der Waals surface area contributed by atoms with Crippen LogP contribution in [0.25, 0.3) is 0 Å². The van der Waals surface area contributed by atoms with Crippen molar-refractivity contribution in [1.29, 1.82) is 0 Å². The summed E-state index contributed by atoms with van der Waals surface area (Å²) in [5, 5.41) is 3.74. The average Bonchev–Trinajstić information content (AvgIpc) is 2.45. The largest absolute Gasteiger partial charge is 0.512 e. The highest BCUT2D eigenvalue weighted by molar-refractivity contribution is 6.73. The molecule has 0 aromatic carbocycles. The van der Waals surface area contributed by atoms with E-state index in [2.05, 4.69) is 5.10 Å². The molecular formula is C7H9BF3N2-. The topological polar surface area (TPSA) is 17.8 Å². The number of hydrogen-bond acceptors (Lipinski definition) is 1. The third kappa shape index (κ3) is 1.45. The fourth-order valence-electron chi connectivity index (χ4n) is 1.72. The van der Waals surface area contributed by atoms with Crippen molar-refractivity contribution in [3.63, 3.8) is 0 Å². The Kier molecular flexibility index (Phi) is 1.85. The van der Waals surface area contributed by atoms with Gasteiger partial charge in [-0.15, -0.1) is 0 Å². The zero-order valence-corrected chi connectivity index (χ0v) is 7.01. The second kappa shape index (κ2) is 2.78. The van der Waals surface area contributed by atoms with Gasteiger partial charge in [-0.05, 0) is 19.3 Å². The van der Waals surface area contributed by atoms with Crippen LogP contribution >= 0.6 is 0 Å². The van der Waals surface area contributed by atoms with Gasteiger partial charge in [0.1, 0.15) is 0 Å². The average molecular weight is 189 g/mol. The van der Waals surface area contributed by atoms with Gasteiger partial charge in [0.05, 0.1) is 0 Å². The normalized spacial score (nSPS) is 17.2. The monoisotopic (exact) mass is 189 g/mol. The molecule has 72 valence electrons. The second-order valence-corrected chi connectivity index (χ2v) is 3.30. The molecule has 2 nitrogen and oxygen atoms in total. The molecule has 13 heavy (non-hydrogen) atoms. The third-order valence-electron chi connectivity index (χ3n) is 2.37. The Morgan fingerprint density at radius 1 is 1.31 bits per heavy atom. The lowest BCUT2D eigenvalue weighted by molar-refractivity contribution is 0.479. The van der Waals surface area contributed by atoms with Crippen LogP contribution in [0.15, 0.2) is 6.20 Å². The summed E-state index contributed by atoms with van der Waals surface area (Å²) in [4.78, 5) is 0. The van der Waals surface area contributed by atoms with Gasteiger partial charge >= 0.3 is 6.98 Å². The third-order valence-corrected chi connectivity index (χ3v) is 2.37. The molecule has 6 heteroatoms. The minimum absolute atomic E-state index is 0.374. The first kappa shape index (κ1) is 8.65. The van der Waals surface area contributed by atoms with Crippen LogP contribution in [0.2, 0.25) is 0 Å². The molecule has 0 N–H and O–H groups in total. The van der Waals surface area contributed by atoms with Gasteiger partial charge in [0.25, 0.3) is 0 Å². The van der Waals surface area contributed by atoms with Crippen molar-refractivity contribution >= 4 is 12.4 Å². The van der Waals surface area contributed by atoms with E-state index in [9.17, 15) is 12.9 Å². The van der Waals surface area contributed by atoms with Crippen molar-refractivity contribution in [3.8, 4) is 0 Å². The van der Waals surface area contributed by atoms with Crippen LogP contribution in [-0.2, 0) is 13.0 Å². The highest BCUT2D eigenvalue weighted by atomic mass is 19.4. The minimum atomic E-state index is -4.87. The van der Waals surface area contributed by atoms with Crippen molar-refractivity contribution in [2.45, 2.75) is 25.8 Å². The Morgan fingerprint density at radius 3 is 2.77 bits per heavy atom. The summed E-state index contributed by atoms with van der Waals surface area (Å²) in [6.07, 6.45) is 3.24. The molecule has 0 bridgehead atoms. The van der Waals surface area contributed by atoms with Crippen LogP contribution in [0.1, 0.15) is 18.5 Å². The van der Waals surface area contributed by atoms with Gasteiger partial charge in [-0.2, -0.15) is 5.10 Å². The Morgan fingerprint density at radius 2 is 2.08 bits per heavy atom. The minimum Gasteiger partial charge on any atom is -0.445 e. The molecule has 0 saturated heterocycles. The van der Waals surface area contributed by atoms with Gasteiger partial charge in [-0.25, -0.2) is 0 Å². The number of rotatable bonds is 1.